The molecule has 1 heterocycles. The molecule has 0 spiro atoms. The van der Waals surface area contributed by atoms with Gasteiger partial charge in [-0.05, 0) is 41.0 Å². The molecule has 0 saturated carbocycles. The third-order valence-corrected chi connectivity index (χ3v) is 8.70. The van der Waals surface area contributed by atoms with Crippen LogP contribution in [0.3, 0.4) is 0 Å². The van der Waals surface area contributed by atoms with Crippen molar-refractivity contribution in [1.82, 2.24) is 0 Å². The summed E-state index contributed by atoms with van der Waals surface area (Å²) in [4.78, 5) is 12.8. The Morgan fingerprint density at radius 2 is 1.84 bits per heavy atom. The normalized spacial score (nSPS) is 27.9. The molecule has 0 aromatic carbocycles. The fourth-order valence-corrected chi connectivity index (χ4v) is 5.88. The molecule has 3 heteroatoms. The van der Waals surface area contributed by atoms with Gasteiger partial charge in [0, 0.05) is 16.3 Å². The van der Waals surface area contributed by atoms with Crippen LogP contribution in [0.2, 0.25) is 0 Å². The first-order valence-electron chi connectivity index (χ1n) is 7.35. The predicted molar refractivity (Wildman–Crippen MR) is 84.9 cm³/mol. The Hall–Kier alpha value is -0.0200. The Morgan fingerprint density at radius 3 is 2.32 bits per heavy atom. The number of carbonyl (C=O) groups is 1. The van der Waals surface area contributed by atoms with Crippen molar-refractivity contribution < 1.29 is 9.53 Å². The molecule has 0 N–H and O–H groups in total. The van der Waals surface area contributed by atoms with Gasteiger partial charge >= 0.3 is 0 Å². The minimum Gasteiger partial charge on any atom is -0.365 e. The van der Waals surface area contributed by atoms with Crippen LogP contribution >= 0.6 is 0 Å². The average molecular weight is 287 g/mol. The predicted octanol–water partition coefficient (Wildman–Crippen LogP) is 3.59. The van der Waals surface area contributed by atoms with E-state index in [0.29, 0.717) is 5.78 Å². The maximum Gasteiger partial charge on any atom is 0.190 e. The van der Waals surface area contributed by atoms with E-state index in [1.807, 2.05) is 0 Å². The van der Waals surface area contributed by atoms with Crippen LogP contribution in [-0.2, 0) is 20.4 Å². The first-order chi connectivity index (χ1) is 8.47. The quantitative estimate of drug-likeness (QED) is 0.739. The van der Waals surface area contributed by atoms with E-state index in [9.17, 15) is 4.79 Å². The highest BCUT2D eigenvalue weighted by Gasteiger charge is 2.58. The second-order valence-electron chi connectivity index (χ2n) is 7.25. The molecule has 1 saturated heterocycles. The summed E-state index contributed by atoms with van der Waals surface area (Å²) < 4.78 is 5.99. The van der Waals surface area contributed by atoms with E-state index in [0.717, 1.165) is 18.8 Å². The maximum absolute atomic E-state index is 12.8. The van der Waals surface area contributed by atoms with Crippen LogP contribution in [-0.4, -0.2) is 33.7 Å². The van der Waals surface area contributed by atoms with Crippen LogP contribution in [0.4, 0.5) is 0 Å². The molecule has 1 rings (SSSR count). The highest BCUT2D eigenvalue weighted by molar-refractivity contribution is 7.99. The van der Waals surface area contributed by atoms with Gasteiger partial charge in [0.05, 0.1) is 6.61 Å². The number of ether oxygens (including phenoxy) is 1. The molecule has 0 amide bonds. The van der Waals surface area contributed by atoms with Gasteiger partial charge in [-0.15, -0.1) is 0 Å². The molecule has 1 fully saturated rings. The minimum atomic E-state index is -0.203. The van der Waals surface area contributed by atoms with E-state index in [1.165, 1.54) is 0 Å². The summed E-state index contributed by atoms with van der Waals surface area (Å²) >= 11 is 0. The zero-order valence-electron chi connectivity index (χ0n) is 13.9. The van der Waals surface area contributed by atoms with Gasteiger partial charge in [-0.1, -0.05) is 20.8 Å². The molecule has 0 radical (unpaired) electrons. The lowest BCUT2D eigenvalue weighted by Gasteiger charge is -2.45. The van der Waals surface area contributed by atoms with Gasteiger partial charge < -0.3 is 4.74 Å². The van der Waals surface area contributed by atoms with Crippen LogP contribution < -0.4 is 0 Å². The molecule has 0 aromatic heterocycles. The SMILES string of the molecule is CCC(C)(C)C(=O)C(C)[S+]1CCOC(C)(C)C1(C)C. The molecule has 0 aliphatic carbocycles. The van der Waals surface area contributed by atoms with E-state index < -0.39 is 0 Å². The third-order valence-electron chi connectivity index (χ3n) is 5.22. The first kappa shape index (κ1) is 17.0. The number of rotatable bonds is 4. The molecule has 1 aliphatic rings. The molecule has 112 valence electrons. The van der Waals surface area contributed by atoms with Crippen molar-refractivity contribution in [2.24, 2.45) is 5.41 Å². The Morgan fingerprint density at radius 1 is 1.32 bits per heavy atom. The summed E-state index contributed by atoms with van der Waals surface area (Å²) in [7, 11) is 0.0781. The Kier molecular flexibility index (Phi) is 4.84. The maximum atomic E-state index is 12.8. The lowest BCUT2D eigenvalue weighted by atomic mass is 9.84. The van der Waals surface area contributed by atoms with Crippen LogP contribution in [0.1, 0.15) is 61.8 Å². The molecule has 1 aliphatic heterocycles. The van der Waals surface area contributed by atoms with E-state index in [4.69, 9.17) is 4.74 Å². The summed E-state index contributed by atoms with van der Waals surface area (Å²) in [5.41, 5.74) is -0.357. The molecular weight excluding hydrogens is 256 g/mol. The van der Waals surface area contributed by atoms with Crippen LogP contribution in [0.5, 0.6) is 0 Å². The highest BCUT2D eigenvalue weighted by Crippen LogP contribution is 2.41. The Balaban J connectivity index is 2.99. The highest BCUT2D eigenvalue weighted by atomic mass is 32.2. The first-order valence-corrected chi connectivity index (χ1v) is 8.81. The van der Waals surface area contributed by atoms with E-state index >= 15 is 0 Å². The lowest BCUT2D eigenvalue weighted by molar-refractivity contribution is -0.126. The summed E-state index contributed by atoms with van der Waals surface area (Å²) in [6.45, 7) is 18.0. The number of hydrogen-bond acceptors (Lipinski definition) is 2. The molecule has 2 atom stereocenters. The van der Waals surface area contributed by atoms with E-state index in [-0.39, 0.29) is 31.9 Å². The van der Waals surface area contributed by atoms with Gasteiger partial charge in [-0.3, -0.25) is 4.79 Å². The standard InChI is InChI=1S/C16H31O2S/c1-9-14(3,4)13(17)12(2)19-11-10-18-15(5,6)16(19,7)8/h12H,9-11H2,1-8H3/q+1. The van der Waals surface area contributed by atoms with E-state index in [1.54, 1.807) is 0 Å². The fourth-order valence-electron chi connectivity index (χ4n) is 2.60. The zero-order valence-corrected chi connectivity index (χ0v) is 14.7. The average Bonchev–Trinajstić information content (AvgIpc) is 2.30. The second kappa shape index (κ2) is 5.40. The third kappa shape index (κ3) is 3.02. The van der Waals surface area contributed by atoms with Crippen molar-refractivity contribution in [3.05, 3.63) is 0 Å². The van der Waals surface area contributed by atoms with Crippen molar-refractivity contribution in [2.75, 3.05) is 12.4 Å². The van der Waals surface area contributed by atoms with Crippen LogP contribution in [0.15, 0.2) is 0 Å². The molecule has 0 bridgehead atoms. The fraction of sp³-hybridized carbons (Fsp3) is 0.938. The van der Waals surface area contributed by atoms with Gasteiger partial charge in [0.2, 0.25) is 0 Å². The minimum absolute atomic E-state index is 0.0458. The van der Waals surface area contributed by atoms with Crippen LogP contribution in [0.25, 0.3) is 0 Å². The number of Topliss-reactive ketones (excluding diaryl/α,β-unsaturated/α-hetero) is 1. The van der Waals surface area contributed by atoms with Crippen molar-refractivity contribution in [1.29, 1.82) is 0 Å². The number of hydrogen-bond donors (Lipinski definition) is 0. The summed E-state index contributed by atoms with van der Waals surface area (Å²) in [5.74, 6) is 1.44. The molecule has 0 aromatic rings. The number of ketones is 1. The summed E-state index contributed by atoms with van der Waals surface area (Å²) in [5, 5.41) is 0.133. The smallest absolute Gasteiger partial charge is 0.190 e. The van der Waals surface area contributed by atoms with Crippen molar-refractivity contribution in [3.63, 3.8) is 0 Å². The topological polar surface area (TPSA) is 26.3 Å². The van der Waals surface area contributed by atoms with Crippen LogP contribution in [0, 0.1) is 5.41 Å². The van der Waals surface area contributed by atoms with Gasteiger partial charge in [0.1, 0.15) is 11.4 Å². The molecular formula is C16H31O2S+. The van der Waals surface area contributed by atoms with Crippen molar-refractivity contribution >= 4 is 16.7 Å². The monoisotopic (exact) mass is 287 g/mol. The molecule has 2 nitrogen and oxygen atoms in total. The Bertz CT molecular complexity index is 345. The van der Waals surface area contributed by atoms with Gasteiger partial charge in [0.15, 0.2) is 15.8 Å². The van der Waals surface area contributed by atoms with Gasteiger partial charge in [-0.2, -0.15) is 0 Å². The summed E-state index contributed by atoms with van der Waals surface area (Å²) in [6.07, 6.45) is 0.910. The molecule has 19 heavy (non-hydrogen) atoms. The van der Waals surface area contributed by atoms with Crippen molar-refractivity contribution in [3.8, 4) is 0 Å². The van der Waals surface area contributed by atoms with E-state index in [2.05, 4.69) is 55.4 Å². The van der Waals surface area contributed by atoms with Gasteiger partial charge in [0.25, 0.3) is 0 Å². The lowest BCUT2D eigenvalue weighted by Crippen LogP contribution is -2.62. The van der Waals surface area contributed by atoms with Gasteiger partial charge in [-0.25, -0.2) is 0 Å². The largest absolute Gasteiger partial charge is 0.365 e. The van der Waals surface area contributed by atoms with Crippen molar-refractivity contribution in [2.45, 2.75) is 77.4 Å². The summed E-state index contributed by atoms with van der Waals surface area (Å²) in [6, 6.07) is 0. The number of carbonyl (C=O) groups excluding carboxylic acids is 1. The second-order valence-corrected chi connectivity index (χ2v) is 10.2. The Labute approximate surface area is 122 Å². The zero-order chi connectivity index (χ0) is 15.1. The molecule has 2 unspecified atom stereocenters.